The summed E-state index contributed by atoms with van der Waals surface area (Å²) in [5.74, 6) is -2.55. The molecule has 0 spiro atoms. The number of amides is 2. The number of ketones is 1. The standard InChI is InChI=1S/C17H20N2O5/c1-3-11(4-2)18-14(20)10-24-15(21)9-19-13-8-6-5-7-12(13)16(22)17(19)23/h5-8,11H,3-4,9-10H2,1-2H3,(H,18,20). The van der Waals surface area contributed by atoms with Gasteiger partial charge >= 0.3 is 5.97 Å². The van der Waals surface area contributed by atoms with Gasteiger partial charge in [-0.15, -0.1) is 0 Å². The first-order valence-electron chi connectivity index (χ1n) is 7.88. The largest absolute Gasteiger partial charge is 0.454 e. The highest BCUT2D eigenvalue weighted by Crippen LogP contribution is 2.28. The number of esters is 1. The Kier molecular flexibility index (Phi) is 5.68. The molecule has 0 saturated heterocycles. The Morgan fingerprint density at radius 3 is 2.50 bits per heavy atom. The molecule has 0 bridgehead atoms. The maximum Gasteiger partial charge on any atom is 0.326 e. The molecule has 7 heteroatoms. The van der Waals surface area contributed by atoms with Crippen LogP contribution in [-0.4, -0.2) is 42.8 Å². The lowest BCUT2D eigenvalue weighted by Crippen LogP contribution is -2.39. The molecule has 0 radical (unpaired) electrons. The van der Waals surface area contributed by atoms with Crippen molar-refractivity contribution in [3.63, 3.8) is 0 Å². The molecule has 1 aliphatic heterocycles. The molecule has 0 unspecified atom stereocenters. The summed E-state index contributed by atoms with van der Waals surface area (Å²) in [6.45, 7) is 3.09. The molecular formula is C17H20N2O5. The number of fused-ring (bicyclic) bond motifs is 1. The molecule has 1 heterocycles. The molecule has 2 rings (SSSR count). The van der Waals surface area contributed by atoms with Gasteiger partial charge in [0.2, 0.25) is 0 Å². The second-order valence-electron chi connectivity index (χ2n) is 5.48. The summed E-state index contributed by atoms with van der Waals surface area (Å²) < 4.78 is 4.90. The fourth-order valence-electron chi connectivity index (χ4n) is 2.49. The van der Waals surface area contributed by atoms with Gasteiger partial charge in [0.1, 0.15) is 6.54 Å². The molecule has 0 fully saturated rings. The fourth-order valence-corrected chi connectivity index (χ4v) is 2.49. The van der Waals surface area contributed by atoms with E-state index >= 15 is 0 Å². The lowest BCUT2D eigenvalue weighted by Gasteiger charge is -2.17. The van der Waals surface area contributed by atoms with Crippen LogP contribution in [0.2, 0.25) is 0 Å². The van der Waals surface area contributed by atoms with Crippen LogP contribution in [0.15, 0.2) is 24.3 Å². The van der Waals surface area contributed by atoms with E-state index in [2.05, 4.69) is 5.32 Å². The summed E-state index contributed by atoms with van der Waals surface area (Å²) in [5, 5.41) is 2.75. The number of Topliss-reactive ketones (excluding diaryl/α,β-unsaturated/α-hetero) is 1. The van der Waals surface area contributed by atoms with E-state index in [-0.39, 0.29) is 17.5 Å². The number of anilines is 1. The molecule has 1 aliphatic rings. The summed E-state index contributed by atoms with van der Waals surface area (Å²) in [6, 6.07) is 6.48. The Bertz CT molecular complexity index is 667. The van der Waals surface area contributed by atoms with Crippen molar-refractivity contribution in [1.82, 2.24) is 5.32 Å². The number of hydrogen-bond acceptors (Lipinski definition) is 5. The normalized spacial score (nSPS) is 13.2. The molecule has 2 amide bonds. The van der Waals surface area contributed by atoms with Crippen molar-refractivity contribution in [2.75, 3.05) is 18.1 Å². The quantitative estimate of drug-likeness (QED) is 0.595. The van der Waals surface area contributed by atoms with E-state index < -0.39 is 30.8 Å². The average Bonchev–Trinajstić information content (AvgIpc) is 2.83. The number of hydrogen-bond donors (Lipinski definition) is 1. The van der Waals surface area contributed by atoms with Crippen molar-refractivity contribution < 1.29 is 23.9 Å². The second kappa shape index (κ2) is 7.72. The van der Waals surface area contributed by atoms with E-state index in [0.717, 1.165) is 17.7 Å². The van der Waals surface area contributed by atoms with E-state index in [1.54, 1.807) is 18.2 Å². The number of carbonyl (C=O) groups excluding carboxylic acids is 4. The Morgan fingerprint density at radius 1 is 1.17 bits per heavy atom. The Balaban J connectivity index is 1.90. The Hall–Kier alpha value is -2.70. The second-order valence-corrected chi connectivity index (χ2v) is 5.48. The number of nitrogens with zero attached hydrogens (tertiary/aromatic N) is 1. The van der Waals surface area contributed by atoms with E-state index in [1.807, 2.05) is 13.8 Å². The van der Waals surface area contributed by atoms with Crippen LogP contribution in [-0.2, 0) is 19.1 Å². The zero-order valence-electron chi connectivity index (χ0n) is 13.7. The van der Waals surface area contributed by atoms with Crippen molar-refractivity contribution in [3.8, 4) is 0 Å². The zero-order valence-corrected chi connectivity index (χ0v) is 13.7. The lowest BCUT2D eigenvalue weighted by molar-refractivity contribution is -0.147. The summed E-state index contributed by atoms with van der Waals surface area (Å²) in [6.07, 6.45) is 1.58. The highest BCUT2D eigenvalue weighted by atomic mass is 16.5. The molecule has 0 aliphatic carbocycles. The van der Waals surface area contributed by atoms with Crippen LogP contribution in [0.25, 0.3) is 0 Å². The fraction of sp³-hybridized carbons (Fsp3) is 0.412. The van der Waals surface area contributed by atoms with E-state index in [0.29, 0.717) is 5.69 Å². The van der Waals surface area contributed by atoms with E-state index in [9.17, 15) is 19.2 Å². The number of rotatable bonds is 7. The summed E-state index contributed by atoms with van der Waals surface area (Å²) in [4.78, 5) is 48.4. The van der Waals surface area contributed by atoms with Crippen LogP contribution >= 0.6 is 0 Å². The van der Waals surface area contributed by atoms with Gasteiger partial charge in [-0.3, -0.25) is 24.1 Å². The van der Waals surface area contributed by atoms with Gasteiger partial charge in [0.25, 0.3) is 17.6 Å². The molecule has 0 saturated carbocycles. The SMILES string of the molecule is CCC(CC)NC(=O)COC(=O)CN1C(=O)C(=O)c2ccccc21. The molecule has 1 aromatic carbocycles. The van der Waals surface area contributed by atoms with Gasteiger partial charge in [0.05, 0.1) is 11.3 Å². The molecule has 0 atom stereocenters. The van der Waals surface area contributed by atoms with E-state index in [1.165, 1.54) is 6.07 Å². The zero-order chi connectivity index (χ0) is 17.7. The van der Waals surface area contributed by atoms with Crippen LogP contribution < -0.4 is 10.2 Å². The van der Waals surface area contributed by atoms with Crippen molar-refractivity contribution in [3.05, 3.63) is 29.8 Å². The van der Waals surface area contributed by atoms with Crippen LogP contribution in [0.1, 0.15) is 37.0 Å². The molecule has 128 valence electrons. The first-order valence-corrected chi connectivity index (χ1v) is 7.88. The molecule has 1 aromatic rings. The lowest BCUT2D eigenvalue weighted by atomic mass is 10.1. The average molecular weight is 332 g/mol. The minimum absolute atomic E-state index is 0.0425. The third-order valence-electron chi connectivity index (χ3n) is 3.88. The number of nitrogens with one attached hydrogen (secondary N) is 1. The van der Waals surface area contributed by atoms with Gasteiger partial charge in [-0.05, 0) is 25.0 Å². The third kappa shape index (κ3) is 3.79. The van der Waals surface area contributed by atoms with Crippen LogP contribution in [0, 0.1) is 0 Å². The molecule has 7 nitrogen and oxygen atoms in total. The maximum absolute atomic E-state index is 11.9. The Morgan fingerprint density at radius 2 is 1.83 bits per heavy atom. The number of carbonyl (C=O) groups is 4. The van der Waals surface area contributed by atoms with Gasteiger partial charge in [0.15, 0.2) is 6.61 Å². The number of ether oxygens (including phenoxy) is 1. The number of benzene rings is 1. The first kappa shape index (κ1) is 17.7. The maximum atomic E-state index is 11.9. The molecule has 24 heavy (non-hydrogen) atoms. The first-order chi connectivity index (χ1) is 11.5. The van der Waals surface area contributed by atoms with Gasteiger partial charge in [-0.25, -0.2) is 0 Å². The Labute approximate surface area is 140 Å². The summed E-state index contributed by atoms with van der Waals surface area (Å²) in [5.41, 5.74) is 0.646. The highest BCUT2D eigenvalue weighted by Gasteiger charge is 2.36. The van der Waals surface area contributed by atoms with Crippen molar-refractivity contribution >= 4 is 29.3 Å². The van der Waals surface area contributed by atoms with Crippen LogP contribution in [0.4, 0.5) is 5.69 Å². The van der Waals surface area contributed by atoms with E-state index in [4.69, 9.17) is 4.74 Å². The number of para-hydroxylation sites is 1. The monoisotopic (exact) mass is 332 g/mol. The van der Waals surface area contributed by atoms with Crippen LogP contribution in [0.5, 0.6) is 0 Å². The molecule has 0 aromatic heterocycles. The topological polar surface area (TPSA) is 92.8 Å². The van der Waals surface area contributed by atoms with Crippen molar-refractivity contribution in [2.45, 2.75) is 32.7 Å². The summed E-state index contributed by atoms with van der Waals surface area (Å²) >= 11 is 0. The van der Waals surface area contributed by atoms with Crippen LogP contribution in [0.3, 0.4) is 0 Å². The minimum atomic E-state index is -0.769. The van der Waals surface area contributed by atoms with Crippen molar-refractivity contribution in [1.29, 1.82) is 0 Å². The molecular weight excluding hydrogens is 312 g/mol. The molecule has 1 N–H and O–H groups in total. The summed E-state index contributed by atoms with van der Waals surface area (Å²) in [7, 11) is 0. The third-order valence-corrected chi connectivity index (χ3v) is 3.88. The van der Waals surface area contributed by atoms with Gasteiger partial charge in [0, 0.05) is 6.04 Å². The van der Waals surface area contributed by atoms with Gasteiger partial charge in [-0.2, -0.15) is 0 Å². The minimum Gasteiger partial charge on any atom is -0.454 e. The van der Waals surface area contributed by atoms with Gasteiger partial charge in [-0.1, -0.05) is 26.0 Å². The van der Waals surface area contributed by atoms with Gasteiger partial charge < -0.3 is 10.1 Å². The predicted octanol–water partition coefficient (Wildman–Crippen LogP) is 1.06. The highest BCUT2D eigenvalue weighted by molar-refractivity contribution is 6.52. The predicted molar refractivity (Wildman–Crippen MR) is 86.6 cm³/mol. The smallest absolute Gasteiger partial charge is 0.326 e. The van der Waals surface area contributed by atoms with Crippen molar-refractivity contribution in [2.24, 2.45) is 0 Å².